The summed E-state index contributed by atoms with van der Waals surface area (Å²) in [4.78, 5) is 41.1. The lowest BCUT2D eigenvalue weighted by molar-refractivity contribution is -0.166. The van der Waals surface area contributed by atoms with Gasteiger partial charge < -0.3 is 38.8 Å². The average Bonchev–Trinajstić information content (AvgIpc) is 3.66. The van der Waals surface area contributed by atoms with Crippen LogP contribution in [0.5, 0.6) is 11.5 Å². The molecule has 0 saturated heterocycles. The molecule has 0 radical (unpaired) electrons. The van der Waals surface area contributed by atoms with Gasteiger partial charge in [0.05, 0.1) is 43.2 Å². The number of ether oxygens (including phenoxy) is 6. The van der Waals surface area contributed by atoms with Gasteiger partial charge in [0.1, 0.15) is 0 Å². The molecular formula is C36H37ClN2O10. The topological polar surface area (TPSA) is 142 Å². The lowest BCUT2D eigenvalue weighted by atomic mass is 9.81. The van der Waals surface area contributed by atoms with E-state index in [2.05, 4.69) is 5.32 Å². The maximum Gasteiger partial charge on any atom is 0.290 e. The Morgan fingerprint density at radius 1 is 0.959 bits per heavy atom. The predicted molar refractivity (Wildman–Crippen MR) is 179 cm³/mol. The number of aryl methyl sites for hydroxylation is 1. The maximum atomic E-state index is 13.7. The number of aliphatic hydroxyl groups is 1. The molecule has 0 saturated carbocycles. The van der Waals surface area contributed by atoms with Crippen molar-refractivity contribution < 1.29 is 47.9 Å². The molecule has 0 spiro atoms. The third-order valence-electron chi connectivity index (χ3n) is 8.47. The molecule has 0 bridgehead atoms. The molecule has 2 N–H and O–H groups in total. The molecule has 3 aliphatic rings. The number of nitrogens with zero attached hydrogens (tertiary/aromatic N) is 1. The van der Waals surface area contributed by atoms with E-state index in [0.29, 0.717) is 66.3 Å². The normalized spacial score (nSPS) is 19.5. The summed E-state index contributed by atoms with van der Waals surface area (Å²) in [6.45, 7) is 5.41. The largest absolute Gasteiger partial charge is 0.459 e. The third kappa shape index (κ3) is 7.43. The van der Waals surface area contributed by atoms with Crippen LogP contribution in [0.3, 0.4) is 0 Å². The summed E-state index contributed by atoms with van der Waals surface area (Å²) in [5, 5.41) is 12.2. The number of benzene rings is 3. The van der Waals surface area contributed by atoms with Crippen LogP contribution < -0.4 is 19.7 Å². The summed E-state index contributed by atoms with van der Waals surface area (Å²) in [5.74, 6) is -0.579. The van der Waals surface area contributed by atoms with Crippen LogP contribution in [0.15, 0.2) is 66.4 Å². The molecular weight excluding hydrogens is 656 g/mol. The minimum Gasteiger partial charge on any atom is -0.459 e. The lowest BCUT2D eigenvalue weighted by Crippen LogP contribution is -2.38. The fourth-order valence-electron chi connectivity index (χ4n) is 6.15. The number of amides is 3. The molecule has 3 heterocycles. The second kappa shape index (κ2) is 15.4. The van der Waals surface area contributed by atoms with E-state index in [-0.39, 0.29) is 48.7 Å². The van der Waals surface area contributed by atoms with E-state index in [0.717, 1.165) is 10.5 Å². The number of nitrogens with one attached hydrogen (secondary N) is 1. The van der Waals surface area contributed by atoms with Crippen molar-refractivity contribution in [1.29, 1.82) is 0 Å². The first-order valence-electron chi connectivity index (χ1n) is 16.0. The van der Waals surface area contributed by atoms with Gasteiger partial charge in [-0.3, -0.25) is 14.4 Å². The van der Waals surface area contributed by atoms with Crippen LogP contribution in [0.25, 0.3) is 0 Å². The number of hydrogen-bond acceptors (Lipinski definition) is 10. The molecule has 3 aliphatic heterocycles. The van der Waals surface area contributed by atoms with Gasteiger partial charge in [-0.2, -0.15) is 0 Å². The molecule has 0 aromatic heterocycles. The van der Waals surface area contributed by atoms with E-state index >= 15 is 0 Å². The lowest BCUT2D eigenvalue weighted by Gasteiger charge is -2.37. The van der Waals surface area contributed by atoms with Crippen molar-refractivity contribution in [3.05, 3.63) is 93.7 Å². The van der Waals surface area contributed by atoms with E-state index < -0.39 is 24.0 Å². The standard InChI is InChI=1S/C36H37ClN2O10/c1-3-46-36-26(10-12-44-14-15-45-13-11-40)27(22-4-9-30-31(17-22)48-20-47-30)19-32(49-36)33(41)38-24-6-8-29(21(2)16-24)39-34(42)25-7-5-23(37)18-28(25)35(39)43/h4-9,16-19,26-27,36,40H,3,10-15,20H2,1-2H3,(H,38,41)/t26-,27-,36-/m1/s1. The number of carbonyl (C=O) groups excluding carboxylic acids is 3. The number of rotatable bonds is 14. The first-order chi connectivity index (χ1) is 23.8. The van der Waals surface area contributed by atoms with E-state index in [9.17, 15) is 14.4 Å². The SMILES string of the molecule is CCO[C@@H]1OC(C(=O)Nc2ccc(N3C(=O)c4ccc(Cl)cc4C3=O)c(C)c2)=C[C@H](c2ccc3c(c2)OCO3)[C@H]1CCOCCOCCO. The number of aliphatic hydroxyl groups excluding tert-OH is 1. The second-order valence-corrected chi connectivity index (χ2v) is 12.0. The van der Waals surface area contributed by atoms with Crippen molar-refractivity contribution in [2.24, 2.45) is 5.92 Å². The molecule has 3 atom stereocenters. The van der Waals surface area contributed by atoms with Gasteiger partial charge in [-0.05, 0) is 86.0 Å². The number of hydrogen-bond donors (Lipinski definition) is 2. The number of allylic oxidation sites excluding steroid dienone is 1. The summed E-state index contributed by atoms with van der Waals surface area (Å²) in [7, 11) is 0. The fraction of sp³-hybridized carbons (Fsp3) is 0.361. The quantitative estimate of drug-likeness (QED) is 0.171. The van der Waals surface area contributed by atoms with Gasteiger partial charge in [0.2, 0.25) is 13.1 Å². The van der Waals surface area contributed by atoms with Crippen LogP contribution in [-0.2, 0) is 23.7 Å². The monoisotopic (exact) mass is 692 g/mol. The molecule has 258 valence electrons. The van der Waals surface area contributed by atoms with Crippen molar-refractivity contribution in [1.82, 2.24) is 0 Å². The van der Waals surface area contributed by atoms with Gasteiger partial charge in [0.25, 0.3) is 17.7 Å². The summed E-state index contributed by atoms with van der Waals surface area (Å²) in [6.07, 6.45) is 1.58. The van der Waals surface area contributed by atoms with Crippen molar-refractivity contribution in [2.45, 2.75) is 32.5 Å². The summed E-state index contributed by atoms with van der Waals surface area (Å²) in [5.41, 5.74) is 2.86. The molecule has 49 heavy (non-hydrogen) atoms. The highest BCUT2D eigenvalue weighted by atomic mass is 35.5. The smallest absolute Gasteiger partial charge is 0.290 e. The number of imide groups is 1. The summed E-state index contributed by atoms with van der Waals surface area (Å²) < 4.78 is 34.5. The predicted octanol–water partition coefficient (Wildman–Crippen LogP) is 5.21. The Morgan fingerprint density at radius 3 is 2.51 bits per heavy atom. The zero-order valence-corrected chi connectivity index (χ0v) is 27.9. The Kier molecular flexibility index (Phi) is 10.8. The Balaban J connectivity index is 1.21. The van der Waals surface area contributed by atoms with Gasteiger partial charge in [0, 0.05) is 35.8 Å². The number of halogens is 1. The van der Waals surface area contributed by atoms with Crippen LogP contribution >= 0.6 is 11.6 Å². The van der Waals surface area contributed by atoms with Crippen molar-refractivity contribution in [2.75, 3.05) is 56.7 Å². The fourth-order valence-corrected chi connectivity index (χ4v) is 6.33. The van der Waals surface area contributed by atoms with Crippen molar-refractivity contribution >= 4 is 40.7 Å². The molecule has 3 aromatic carbocycles. The first-order valence-corrected chi connectivity index (χ1v) is 16.4. The molecule has 0 aliphatic carbocycles. The number of anilines is 2. The zero-order valence-electron chi connectivity index (χ0n) is 27.1. The van der Waals surface area contributed by atoms with Gasteiger partial charge >= 0.3 is 0 Å². The van der Waals surface area contributed by atoms with Crippen LogP contribution in [0.2, 0.25) is 5.02 Å². The van der Waals surface area contributed by atoms with E-state index in [4.69, 9.17) is 45.1 Å². The average molecular weight is 693 g/mol. The number of fused-ring (bicyclic) bond motifs is 2. The minimum absolute atomic E-state index is 0.0498. The zero-order chi connectivity index (χ0) is 34.5. The molecule has 3 aromatic rings. The van der Waals surface area contributed by atoms with Crippen molar-refractivity contribution in [3.8, 4) is 11.5 Å². The van der Waals surface area contributed by atoms with E-state index in [1.165, 1.54) is 6.07 Å². The molecule has 0 fully saturated rings. The highest BCUT2D eigenvalue weighted by molar-refractivity contribution is 6.37. The first kappa shape index (κ1) is 34.4. The molecule has 3 amide bonds. The highest BCUT2D eigenvalue weighted by Gasteiger charge is 2.40. The third-order valence-corrected chi connectivity index (χ3v) is 8.70. The van der Waals surface area contributed by atoms with Crippen LogP contribution in [0.4, 0.5) is 11.4 Å². The van der Waals surface area contributed by atoms with Crippen LogP contribution in [0, 0.1) is 12.8 Å². The molecule has 0 unspecified atom stereocenters. The summed E-state index contributed by atoms with van der Waals surface area (Å²) in [6, 6.07) is 15.2. The minimum atomic E-state index is -0.758. The Morgan fingerprint density at radius 2 is 1.73 bits per heavy atom. The molecule has 6 rings (SSSR count). The molecule has 12 nitrogen and oxygen atoms in total. The van der Waals surface area contributed by atoms with Gasteiger partial charge in [0.15, 0.2) is 17.3 Å². The molecule has 13 heteroatoms. The second-order valence-electron chi connectivity index (χ2n) is 11.6. The maximum absolute atomic E-state index is 13.7. The highest BCUT2D eigenvalue weighted by Crippen LogP contribution is 2.43. The van der Waals surface area contributed by atoms with Gasteiger partial charge in [-0.25, -0.2) is 4.90 Å². The van der Waals surface area contributed by atoms with Crippen LogP contribution in [-0.4, -0.2) is 75.6 Å². The van der Waals surface area contributed by atoms with Crippen molar-refractivity contribution in [3.63, 3.8) is 0 Å². The Bertz CT molecular complexity index is 1760. The Hall–Kier alpha value is -4.46. The van der Waals surface area contributed by atoms with E-state index in [1.54, 1.807) is 43.3 Å². The van der Waals surface area contributed by atoms with Gasteiger partial charge in [-0.1, -0.05) is 17.7 Å². The Labute approximate surface area is 288 Å². The van der Waals surface area contributed by atoms with Gasteiger partial charge in [-0.15, -0.1) is 0 Å². The van der Waals surface area contributed by atoms with E-state index in [1.807, 2.05) is 25.1 Å². The summed E-state index contributed by atoms with van der Waals surface area (Å²) >= 11 is 6.07. The number of carbonyl (C=O) groups is 3. The van der Waals surface area contributed by atoms with Crippen LogP contribution in [0.1, 0.15) is 51.1 Å².